The summed E-state index contributed by atoms with van der Waals surface area (Å²) in [6.45, 7) is 1.78. The molecule has 6 heteroatoms. The molecule has 6 nitrogen and oxygen atoms in total. The maximum Gasteiger partial charge on any atom is 0.308 e. The van der Waals surface area contributed by atoms with Crippen molar-refractivity contribution in [3.8, 4) is 11.1 Å². The second-order valence-corrected chi connectivity index (χ2v) is 6.92. The molecule has 3 N–H and O–H groups in total. The van der Waals surface area contributed by atoms with E-state index >= 15 is 0 Å². The van der Waals surface area contributed by atoms with Crippen LogP contribution in [0.5, 0.6) is 0 Å². The molecule has 0 bridgehead atoms. The number of piperidine rings is 1. The van der Waals surface area contributed by atoms with Gasteiger partial charge in [-0.05, 0) is 35.6 Å². The zero-order valence-electron chi connectivity index (χ0n) is 15.0. The van der Waals surface area contributed by atoms with Gasteiger partial charge in [-0.2, -0.15) is 0 Å². The van der Waals surface area contributed by atoms with Gasteiger partial charge in [0.2, 0.25) is 0 Å². The summed E-state index contributed by atoms with van der Waals surface area (Å²) in [6.07, 6.45) is 3.11. The molecule has 1 aliphatic heterocycles. The fourth-order valence-electron chi connectivity index (χ4n) is 3.76. The quantitative estimate of drug-likeness (QED) is 0.741. The molecule has 1 fully saturated rings. The molecule has 1 aromatic heterocycles. The van der Waals surface area contributed by atoms with Gasteiger partial charge in [-0.25, -0.2) is 9.97 Å². The molecule has 138 valence electrons. The summed E-state index contributed by atoms with van der Waals surface area (Å²) in [5.41, 5.74) is 9.77. The molecule has 2 aromatic carbocycles. The SMILES string of the molecule is NCc1ccc(-c2cccc3ncnc(N4CCCC(C(=O)O)C4)c23)cc1. The zero-order valence-corrected chi connectivity index (χ0v) is 15.0. The van der Waals surface area contributed by atoms with Crippen LogP contribution >= 0.6 is 0 Å². The molecule has 27 heavy (non-hydrogen) atoms. The highest BCUT2D eigenvalue weighted by Gasteiger charge is 2.27. The number of aliphatic carboxylic acids is 1. The molecule has 0 aliphatic carbocycles. The Kier molecular flexibility index (Phi) is 4.73. The predicted octanol–water partition coefficient (Wildman–Crippen LogP) is 3.06. The number of anilines is 1. The van der Waals surface area contributed by atoms with Crippen molar-refractivity contribution < 1.29 is 9.90 Å². The molecule has 1 atom stereocenters. The van der Waals surface area contributed by atoms with Crippen molar-refractivity contribution in [1.82, 2.24) is 9.97 Å². The van der Waals surface area contributed by atoms with Crippen molar-refractivity contribution in [3.63, 3.8) is 0 Å². The Morgan fingerprint density at radius 3 is 2.74 bits per heavy atom. The van der Waals surface area contributed by atoms with E-state index in [2.05, 4.69) is 33.1 Å². The molecule has 1 aliphatic rings. The summed E-state index contributed by atoms with van der Waals surface area (Å²) in [5.74, 6) is -0.292. The van der Waals surface area contributed by atoms with Gasteiger partial charge < -0.3 is 15.7 Å². The van der Waals surface area contributed by atoms with Crippen LogP contribution < -0.4 is 10.6 Å². The van der Waals surface area contributed by atoms with Gasteiger partial charge >= 0.3 is 5.97 Å². The van der Waals surface area contributed by atoms with Crippen molar-refractivity contribution in [2.75, 3.05) is 18.0 Å². The fourth-order valence-corrected chi connectivity index (χ4v) is 3.76. The molecule has 1 unspecified atom stereocenters. The Labute approximate surface area is 157 Å². The van der Waals surface area contributed by atoms with Crippen molar-refractivity contribution in [3.05, 3.63) is 54.4 Å². The third kappa shape index (κ3) is 3.36. The maximum absolute atomic E-state index is 11.5. The number of benzene rings is 2. The molecule has 3 aromatic rings. The third-order valence-corrected chi connectivity index (χ3v) is 5.21. The number of aromatic nitrogens is 2. The Morgan fingerprint density at radius 2 is 2.00 bits per heavy atom. The van der Waals surface area contributed by atoms with E-state index in [-0.39, 0.29) is 5.92 Å². The summed E-state index contributed by atoms with van der Waals surface area (Å²) in [7, 11) is 0. The van der Waals surface area contributed by atoms with Gasteiger partial charge in [-0.15, -0.1) is 0 Å². The number of rotatable bonds is 4. The number of hydrogen-bond donors (Lipinski definition) is 2. The van der Waals surface area contributed by atoms with Gasteiger partial charge in [0.05, 0.1) is 16.8 Å². The van der Waals surface area contributed by atoms with Gasteiger partial charge in [0.1, 0.15) is 12.1 Å². The van der Waals surface area contributed by atoms with Gasteiger partial charge in [0, 0.05) is 19.6 Å². The Balaban J connectivity index is 1.83. The van der Waals surface area contributed by atoms with E-state index in [4.69, 9.17) is 5.73 Å². The highest BCUT2D eigenvalue weighted by atomic mass is 16.4. The van der Waals surface area contributed by atoms with Crippen LogP contribution in [0.25, 0.3) is 22.0 Å². The molecule has 0 amide bonds. The molecule has 0 saturated carbocycles. The monoisotopic (exact) mass is 362 g/mol. The first kappa shape index (κ1) is 17.4. The highest BCUT2D eigenvalue weighted by Crippen LogP contribution is 2.35. The normalized spacial score (nSPS) is 17.2. The van der Waals surface area contributed by atoms with Gasteiger partial charge in [-0.3, -0.25) is 4.79 Å². The third-order valence-electron chi connectivity index (χ3n) is 5.21. The van der Waals surface area contributed by atoms with Crippen LogP contribution in [0.2, 0.25) is 0 Å². The zero-order chi connectivity index (χ0) is 18.8. The standard InChI is InChI=1S/C21H22N4O2/c22-11-14-6-8-15(9-7-14)17-4-1-5-18-19(17)20(24-13-23-18)25-10-2-3-16(12-25)21(26)27/h1,4-9,13,16H,2-3,10-12,22H2,(H,26,27). The average Bonchev–Trinajstić information content (AvgIpc) is 2.73. The summed E-state index contributed by atoms with van der Waals surface area (Å²) in [5, 5.41) is 10.4. The smallest absolute Gasteiger partial charge is 0.308 e. The molecule has 2 heterocycles. The first-order chi connectivity index (χ1) is 13.2. The van der Waals surface area contributed by atoms with Crippen molar-refractivity contribution in [2.45, 2.75) is 19.4 Å². The van der Waals surface area contributed by atoms with E-state index in [9.17, 15) is 9.90 Å². The van der Waals surface area contributed by atoms with E-state index in [0.29, 0.717) is 19.5 Å². The topological polar surface area (TPSA) is 92.3 Å². The van der Waals surface area contributed by atoms with Gasteiger partial charge in [0.25, 0.3) is 0 Å². The second kappa shape index (κ2) is 7.32. The minimum atomic E-state index is -0.740. The molecule has 4 rings (SSSR count). The number of carboxylic acid groups (broad SMARTS) is 1. The fraction of sp³-hybridized carbons (Fsp3) is 0.286. The summed E-state index contributed by atoms with van der Waals surface area (Å²) < 4.78 is 0. The lowest BCUT2D eigenvalue weighted by Crippen LogP contribution is -2.39. The lowest BCUT2D eigenvalue weighted by atomic mass is 9.96. The minimum absolute atomic E-state index is 0.361. The lowest BCUT2D eigenvalue weighted by Gasteiger charge is -2.32. The van der Waals surface area contributed by atoms with E-state index in [1.807, 2.05) is 24.3 Å². The molecule has 1 saturated heterocycles. The van der Waals surface area contributed by atoms with E-state index in [1.54, 1.807) is 6.33 Å². The van der Waals surface area contributed by atoms with Gasteiger partial charge in [0.15, 0.2) is 0 Å². The van der Waals surface area contributed by atoms with Gasteiger partial charge in [-0.1, -0.05) is 36.4 Å². The van der Waals surface area contributed by atoms with Crippen LogP contribution in [0.1, 0.15) is 18.4 Å². The van der Waals surface area contributed by atoms with Crippen molar-refractivity contribution >= 4 is 22.7 Å². The first-order valence-corrected chi connectivity index (χ1v) is 9.18. The first-order valence-electron chi connectivity index (χ1n) is 9.18. The molecular formula is C21H22N4O2. The molecule has 0 radical (unpaired) electrons. The van der Waals surface area contributed by atoms with Crippen LogP contribution in [0.15, 0.2) is 48.8 Å². The predicted molar refractivity (Wildman–Crippen MR) is 105 cm³/mol. The Bertz CT molecular complexity index is 966. The van der Waals surface area contributed by atoms with E-state index in [0.717, 1.165) is 46.4 Å². The molecule has 0 spiro atoms. The Hall–Kier alpha value is -2.99. The van der Waals surface area contributed by atoms with E-state index in [1.165, 1.54) is 0 Å². The number of hydrogen-bond acceptors (Lipinski definition) is 5. The van der Waals surface area contributed by atoms with Crippen molar-refractivity contribution in [1.29, 1.82) is 0 Å². The highest BCUT2D eigenvalue weighted by molar-refractivity contribution is 6.02. The van der Waals surface area contributed by atoms with Crippen LogP contribution in [0.3, 0.4) is 0 Å². The Morgan fingerprint density at radius 1 is 1.19 bits per heavy atom. The summed E-state index contributed by atoms with van der Waals surface area (Å²) >= 11 is 0. The largest absolute Gasteiger partial charge is 0.481 e. The second-order valence-electron chi connectivity index (χ2n) is 6.92. The molecular weight excluding hydrogens is 340 g/mol. The number of carbonyl (C=O) groups is 1. The number of nitrogens with zero attached hydrogens (tertiary/aromatic N) is 3. The number of fused-ring (bicyclic) bond motifs is 1. The minimum Gasteiger partial charge on any atom is -0.481 e. The van der Waals surface area contributed by atoms with Crippen LogP contribution in [-0.4, -0.2) is 34.1 Å². The van der Waals surface area contributed by atoms with Crippen LogP contribution in [0, 0.1) is 5.92 Å². The average molecular weight is 362 g/mol. The van der Waals surface area contributed by atoms with Crippen LogP contribution in [0.4, 0.5) is 5.82 Å². The number of carboxylic acids is 1. The van der Waals surface area contributed by atoms with E-state index < -0.39 is 5.97 Å². The maximum atomic E-state index is 11.5. The van der Waals surface area contributed by atoms with Crippen LogP contribution in [-0.2, 0) is 11.3 Å². The number of nitrogens with two attached hydrogens (primary N) is 1. The summed E-state index contributed by atoms with van der Waals surface area (Å²) in [4.78, 5) is 22.5. The van der Waals surface area contributed by atoms with Crippen molar-refractivity contribution in [2.24, 2.45) is 11.7 Å². The summed E-state index contributed by atoms with van der Waals surface area (Å²) in [6, 6.07) is 14.2. The lowest BCUT2D eigenvalue weighted by molar-refractivity contribution is -0.141.